The van der Waals surface area contributed by atoms with Gasteiger partial charge in [-0.05, 0) is 31.0 Å². The Bertz CT molecular complexity index is 467. The molecule has 0 atom stereocenters. The Balaban J connectivity index is 2.39. The number of hydrogen-bond acceptors (Lipinski definition) is 1. The van der Waals surface area contributed by atoms with E-state index in [2.05, 4.69) is 5.32 Å². The van der Waals surface area contributed by atoms with E-state index in [1.54, 1.807) is 24.3 Å². The maximum atomic E-state index is 11.4. The van der Waals surface area contributed by atoms with Crippen LogP contribution in [-0.2, 0) is 11.2 Å². The van der Waals surface area contributed by atoms with Gasteiger partial charge in [0, 0.05) is 22.7 Å². The van der Waals surface area contributed by atoms with Crippen molar-refractivity contribution in [1.82, 2.24) is 5.32 Å². The Morgan fingerprint density at radius 1 is 1.33 bits per heavy atom. The van der Waals surface area contributed by atoms with Crippen LogP contribution in [0.4, 0.5) is 0 Å². The number of hydrogen-bond donors (Lipinski definition) is 1. The second kappa shape index (κ2) is 7.96. The minimum absolute atomic E-state index is 0.113. The highest BCUT2D eigenvalue weighted by Crippen LogP contribution is 2.20. The van der Waals surface area contributed by atoms with Gasteiger partial charge in [-0.2, -0.15) is 0 Å². The summed E-state index contributed by atoms with van der Waals surface area (Å²) in [5, 5.41) is 4.02. The van der Waals surface area contributed by atoms with E-state index in [1.165, 1.54) is 6.08 Å². The highest BCUT2D eigenvalue weighted by Gasteiger charge is 2.01. The van der Waals surface area contributed by atoms with Crippen molar-refractivity contribution in [3.63, 3.8) is 0 Å². The predicted octanol–water partition coefficient (Wildman–Crippen LogP) is 3.78. The molecule has 0 unspecified atom stereocenters. The normalized spacial score (nSPS) is 11.3. The lowest BCUT2D eigenvalue weighted by atomic mass is 10.1. The first-order valence-corrected chi connectivity index (χ1v) is 6.40. The van der Waals surface area contributed by atoms with Gasteiger partial charge >= 0.3 is 0 Å². The van der Waals surface area contributed by atoms with E-state index in [-0.39, 0.29) is 5.91 Å². The minimum Gasteiger partial charge on any atom is -0.352 e. The lowest BCUT2D eigenvalue weighted by molar-refractivity contribution is -0.116. The molecule has 96 valence electrons. The first-order chi connectivity index (χ1) is 8.63. The van der Waals surface area contributed by atoms with Crippen LogP contribution in [-0.4, -0.2) is 12.5 Å². The Morgan fingerprint density at radius 2 is 2.11 bits per heavy atom. The molecule has 1 N–H and O–H groups in total. The van der Waals surface area contributed by atoms with Gasteiger partial charge in [0.25, 0.3) is 0 Å². The monoisotopic (exact) mass is 283 g/mol. The van der Waals surface area contributed by atoms with Crippen molar-refractivity contribution in [2.75, 3.05) is 6.54 Å². The number of nitrogens with one attached hydrogen (secondary N) is 1. The van der Waals surface area contributed by atoms with Crippen molar-refractivity contribution in [2.45, 2.75) is 13.3 Å². The lowest BCUT2D eigenvalue weighted by Crippen LogP contribution is -2.23. The molecule has 0 bridgehead atoms. The molecule has 2 nitrogen and oxygen atoms in total. The molecule has 4 heteroatoms. The summed E-state index contributed by atoms with van der Waals surface area (Å²) < 4.78 is 0. The molecule has 0 saturated carbocycles. The number of allylic oxidation sites excluding steroid dienone is 3. The molecule has 0 heterocycles. The Kier molecular flexibility index (Phi) is 6.55. The molecule has 0 saturated heterocycles. The van der Waals surface area contributed by atoms with E-state index < -0.39 is 0 Å². The van der Waals surface area contributed by atoms with Crippen LogP contribution in [0.3, 0.4) is 0 Å². The average Bonchev–Trinajstić information content (AvgIpc) is 2.32. The fraction of sp³-hybridized carbons (Fsp3) is 0.214. The first kappa shape index (κ1) is 14.8. The molecule has 0 aliphatic carbocycles. The fourth-order valence-corrected chi connectivity index (χ4v) is 1.86. The quantitative estimate of drug-likeness (QED) is 0.647. The van der Waals surface area contributed by atoms with Crippen LogP contribution >= 0.6 is 23.2 Å². The summed E-state index contributed by atoms with van der Waals surface area (Å²) in [6, 6.07) is 5.36. The zero-order valence-electron chi connectivity index (χ0n) is 10.1. The summed E-state index contributed by atoms with van der Waals surface area (Å²) in [5.41, 5.74) is 0.971. The molecule has 0 aliphatic rings. The first-order valence-electron chi connectivity index (χ1n) is 5.64. The lowest BCUT2D eigenvalue weighted by Gasteiger charge is -2.05. The van der Waals surface area contributed by atoms with Crippen LogP contribution in [0.1, 0.15) is 12.5 Å². The van der Waals surface area contributed by atoms with Gasteiger partial charge in [0.05, 0.1) is 0 Å². The van der Waals surface area contributed by atoms with E-state index in [4.69, 9.17) is 23.2 Å². The molecule has 0 aliphatic heterocycles. The van der Waals surface area contributed by atoms with E-state index in [0.29, 0.717) is 23.0 Å². The molecule has 0 radical (unpaired) electrons. The highest BCUT2D eigenvalue weighted by atomic mass is 35.5. The van der Waals surface area contributed by atoms with Crippen molar-refractivity contribution in [2.24, 2.45) is 0 Å². The second-order valence-electron chi connectivity index (χ2n) is 3.66. The van der Waals surface area contributed by atoms with E-state index >= 15 is 0 Å². The number of benzene rings is 1. The third-order valence-electron chi connectivity index (χ3n) is 2.26. The fourth-order valence-electron chi connectivity index (χ4n) is 1.36. The molecule has 1 amide bonds. The highest BCUT2D eigenvalue weighted by molar-refractivity contribution is 6.35. The van der Waals surface area contributed by atoms with Crippen LogP contribution in [0, 0.1) is 0 Å². The predicted molar refractivity (Wildman–Crippen MR) is 77.1 cm³/mol. The Labute approximate surface area is 117 Å². The molecular formula is C14H15Cl2NO. The number of halogens is 2. The maximum Gasteiger partial charge on any atom is 0.243 e. The largest absolute Gasteiger partial charge is 0.352 e. The SMILES string of the molecule is C/C=C/C=C/C(=O)NCCc1ccc(Cl)cc1Cl. The van der Waals surface area contributed by atoms with Crippen molar-refractivity contribution >= 4 is 29.1 Å². The van der Waals surface area contributed by atoms with Gasteiger partial charge in [-0.25, -0.2) is 0 Å². The topological polar surface area (TPSA) is 29.1 Å². The number of carbonyl (C=O) groups is 1. The van der Waals surface area contributed by atoms with Crippen molar-refractivity contribution in [3.8, 4) is 0 Å². The van der Waals surface area contributed by atoms with E-state index in [1.807, 2.05) is 19.1 Å². The summed E-state index contributed by atoms with van der Waals surface area (Å²) in [5.74, 6) is -0.113. The molecule has 1 aromatic rings. The molecule has 0 fully saturated rings. The molecule has 1 rings (SSSR count). The van der Waals surface area contributed by atoms with E-state index in [0.717, 1.165) is 5.56 Å². The van der Waals surface area contributed by atoms with Crippen LogP contribution in [0.2, 0.25) is 10.0 Å². The smallest absolute Gasteiger partial charge is 0.243 e. The zero-order chi connectivity index (χ0) is 13.4. The van der Waals surface area contributed by atoms with Crippen molar-refractivity contribution < 1.29 is 4.79 Å². The summed E-state index contributed by atoms with van der Waals surface area (Å²) >= 11 is 11.8. The summed E-state index contributed by atoms with van der Waals surface area (Å²) in [6.45, 7) is 2.44. The third kappa shape index (κ3) is 5.39. The minimum atomic E-state index is -0.113. The van der Waals surface area contributed by atoms with Crippen LogP contribution < -0.4 is 5.32 Å². The molecule has 18 heavy (non-hydrogen) atoms. The van der Waals surface area contributed by atoms with Gasteiger partial charge in [-0.3, -0.25) is 4.79 Å². The van der Waals surface area contributed by atoms with Crippen LogP contribution in [0.25, 0.3) is 0 Å². The second-order valence-corrected chi connectivity index (χ2v) is 4.51. The zero-order valence-corrected chi connectivity index (χ0v) is 11.6. The maximum absolute atomic E-state index is 11.4. The van der Waals surface area contributed by atoms with Gasteiger partial charge in [0.2, 0.25) is 5.91 Å². The van der Waals surface area contributed by atoms with Gasteiger partial charge in [0.15, 0.2) is 0 Å². The van der Waals surface area contributed by atoms with Gasteiger partial charge < -0.3 is 5.32 Å². The average molecular weight is 284 g/mol. The molecule has 1 aromatic carbocycles. The van der Waals surface area contributed by atoms with Crippen LogP contribution in [0.5, 0.6) is 0 Å². The van der Waals surface area contributed by atoms with Gasteiger partial charge in [-0.1, -0.05) is 47.5 Å². The number of amides is 1. The van der Waals surface area contributed by atoms with Crippen molar-refractivity contribution in [1.29, 1.82) is 0 Å². The van der Waals surface area contributed by atoms with E-state index in [9.17, 15) is 4.79 Å². The molecule has 0 spiro atoms. The third-order valence-corrected chi connectivity index (χ3v) is 2.85. The molecular weight excluding hydrogens is 269 g/mol. The Hall–Kier alpha value is -1.25. The molecule has 0 aromatic heterocycles. The van der Waals surface area contributed by atoms with Crippen molar-refractivity contribution in [3.05, 3.63) is 58.1 Å². The number of carbonyl (C=O) groups excluding carboxylic acids is 1. The summed E-state index contributed by atoms with van der Waals surface area (Å²) in [6.07, 6.45) is 7.53. The number of rotatable bonds is 5. The summed E-state index contributed by atoms with van der Waals surface area (Å²) in [7, 11) is 0. The summed E-state index contributed by atoms with van der Waals surface area (Å²) in [4.78, 5) is 11.4. The van der Waals surface area contributed by atoms with Gasteiger partial charge in [-0.15, -0.1) is 0 Å². The van der Waals surface area contributed by atoms with Crippen LogP contribution in [0.15, 0.2) is 42.5 Å². The van der Waals surface area contributed by atoms with Gasteiger partial charge in [0.1, 0.15) is 0 Å². The Morgan fingerprint density at radius 3 is 2.78 bits per heavy atom. The standard InChI is InChI=1S/C14H15Cl2NO/c1-2-3-4-5-14(18)17-9-8-11-6-7-12(15)10-13(11)16/h2-7,10H,8-9H2,1H3,(H,17,18)/b3-2+,5-4+.